The van der Waals surface area contributed by atoms with Gasteiger partial charge in [0.1, 0.15) is 5.75 Å². The third-order valence-electron chi connectivity index (χ3n) is 2.20. The lowest BCUT2D eigenvalue weighted by molar-refractivity contribution is 0.415. The predicted molar refractivity (Wildman–Crippen MR) is 72.2 cm³/mol. The molecule has 0 aliphatic heterocycles. The molecule has 0 heterocycles. The third-order valence-corrected chi connectivity index (χ3v) is 6.29. The minimum absolute atomic E-state index is 0.818. The van der Waals surface area contributed by atoms with Crippen LogP contribution in [0.3, 0.4) is 0 Å². The summed E-state index contributed by atoms with van der Waals surface area (Å²) in [6, 6.07) is 6.24. The van der Waals surface area contributed by atoms with Gasteiger partial charge >= 0.3 is 0 Å². The van der Waals surface area contributed by atoms with Crippen LogP contribution in [-0.2, 0) is 11.8 Å². The lowest BCUT2D eigenvalue weighted by atomic mass is 10.3. The number of benzene rings is 1. The molecule has 0 amide bonds. The summed E-state index contributed by atoms with van der Waals surface area (Å²) in [5.41, 5.74) is 0. The van der Waals surface area contributed by atoms with E-state index >= 15 is 0 Å². The van der Waals surface area contributed by atoms with E-state index < -0.39 is 6.04 Å². The van der Waals surface area contributed by atoms with Gasteiger partial charge in [-0.05, 0) is 29.6 Å². The Kier molecular flexibility index (Phi) is 4.31. The van der Waals surface area contributed by atoms with E-state index in [2.05, 4.69) is 13.2 Å². The van der Waals surface area contributed by atoms with Crippen molar-refractivity contribution in [2.24, 2.45) is 0 Å². The van der Waals surface area contributed by atoms with Crippen molar-refractivity contribution >= 4 is 23.1 Å². The molecule has 0 saturated carbocycles. The molecule has 15 heavy (non-hydrogen) atoms. The monoisotopic (exact) mass is 238 g/mol. The molecule has 80 valence electrons. The second-order valence-electron chi connectivity index (χ2n) is 3.15. The lowest BCUT2D eigenvalue weighted by Gasteiger charge is -2.16. The smallest absolute Gasteiger partial charge is 0.118 e. The fourth-order valence-electron chi connectivity index (χ4n) is 1.31. The van der Waals surface area contributed by atoms with E-state index in [0.29, 0.717) is 0 Å². The Bertz CT molecular complexity index is 395. The minimum Gasteiger partial charge on any atom is -0.497 e. The number of hydrogen-bond acceptors (Lipinski definition) is 2. The molecule has 0 radical (unpaired) electrons. The first-order valence-electron chi connectivity index (χ1n) is 4.64. The van der Waals surface area contributed by atoms with Gasteiger partial charge in [0.15, 0.2) is 0 Å². The molecular formula is C12H15OPS. The first-order valence-corrected chi connectivity index (χ1v) is 7.70. The Morgan fingerprint density at radius 3 is 2.33 bits per heavy atom. The summed E-state index contributed by atoms with van der Waals surface area (Å²) in [6.45, 7) is 7.58. The number of allylic oxidation sites excluding steroid dienone is 1. The number of methoxy groups -OCH3 is 1. The van der Waals surface area contributed by atoms with E-state index in [1.165, 1.54) is 0 Å². The summed E-state index contributed by atoms with van der Waals surface area (Å²) in [7, 11) is 1.66. The normalized spacial score (nSPS) is 13.9. The average Bonchev–Trinajstić information content (AvgIpc) is 2.29. The molecule has 0 aliphatic carbocycles. The van der Waals surface area contributed by atoms with Crippen LogP contribution in [0.4, 0.5) is 0 Å². The second-order valence-corrected chi connectivity index (χ2v) is 7.94. The van der Waals surface area contributed by atoms with Crippen LogP contribution in [-0.4, -0.2) is 13.3 Å². The molecule has 3 heteroatoms. The van der Waals surface area contributed by atoms with Crippen LogP contribution in [0.1, 0.15) is 0 Å². The highest BCUT2D eigenvalue weighted by atomic mass is 32.4. The number of hydrogen-bond donors (Lipinski definition) is 0. The van der Waals surface area contributed by atoms with Gasteiger partial charge in [0.25, 0.3) is 0 Å². The summed E-state index contributed by atoms with van der Waals surface area (Å²) in [5, 5.41) is 1.16. The van der Waals surface area contributed by atoms with Crippen LogP contribution in [0.25, 0.3) is 0 Å². The molecule has 1 unspecified atom stereocenters. The Labute approximate surface area is 96.5 Å². The van der Waals surface area contributed by atoms with Crippen LogP contribution < -0.4 is 10.0 Å². The largest absolute Gasteiger partial charge is 0.497 e. The molecule has 0 bridgehead atoms. The zero-order valence-electron chi connectivity index (χ0n) is 8.85. The lowest BCUT2D eigenvalue weighted by Crippen LogP contribution is -2.04. The molecular weight excluding hydrogens is 223 g/mol. The molecule has 0 fully saturated rings. The van der Waals surface area contributed by atoms with Crippen LogP contribution in [0.15, 0.2) is 49.3 Å². The summed E-state index contributed by atoms with van der Waals surface area (Å²) >= 11 is 5.63. The van der Waals surface area contributed by atoms with E-state index in [4.69, 9.17) is 16.5 Å². The van der Waals surface area contributed by atoms with Crippen molar-refractivity contribution in [3.8, 4) is 5.75 Å². The quantitative estimate of drug-likeness (QED) is 0.575. The molecule has 1 aromatic carbocycles. The first-order chi connectivity index (χ1) is 7.16. The highest BCUT2D eigenvalue weighted by Crippen LogP contribution is 2.45. The van der Waals surface area contributed by atoms with Crippen LogP contribution in [0.5, 0.6) is 5.75 Å². The molecule has 0 spiro atoms. The van der Waals surface area contributed by atoms with Crippen molar-refractivity contribution in [2.75, 3.05) is 13.3 Å². The summed E-state index contributed by atoms with van der Waals surface area (Å²) in [6.07, 6.45) is 2.69. The Morgan fingerprint density at radius 1 is 1.33 bits per heavy atom. The third kappa shape index (κ3) is 2.80. The van der Waals surface area contributed by atoms with E-state index in [1.54, 1.807) is 7.11 Å². The van der Waals surface area contributed by atoms with Crippen molar-refractivity contribution in [3.05, 3.63) is 49.3 Å². The SMILES string of the molecule is C=CCP(=S)(C=C)c1ccc(OC)cc1. The van der Waals surface area contributed by atoms with Gasteiger partial charge in [-0.15, -0.1) is 6.58 Å². The van der Waals surface area contributed by atoms with Gasteiger partial charge < -0.3 is 4.74 Å². The van der Waals surface area contributed by atoms with Crippen molar-refractivity contribution in [2.45, 2.75) is 0 Å². The fraction of sp³-hybridized carbons (Fsp3) is 0.167. The predicted octanol–water partition coefficient (Wildman–Crippen LogP) is 3.13. The number of ether oxygens (including phenoxy) is 1. The maximum absolute atomic E-state index is 5.63. The van der Waals surface area contributed by atoms with Crippen LogP contribution in [0, 0.1) is 0 Å². The van der Waals surface area contributed by atoms with E-state index in [-0.39, 0.29) is 0 Å². The summed E-state index contributed by atoms with van der Waals surface area (Å²) in [5.74, 6) is 2.74. The molecule has 1 nitrogen and oxygen atoms in total. The standard InChI is InChI=1S/C12H15OPS/c1-4-10-14(15,5-2)12-8-6-11(13-3)7-9-12/h4-9H,1-2,10H2,3H3. The van der Waals surface area contributed by atoms with Gasteiger partial charge in [0, 0.05) is 12.2 Å². The molecule has 1 aromatic rings. The van der Waals surface area contributed by atoms with Gasteiger partial charge in [0.2, 0.25) is 0 Å². The zero-order valence-corrected chi connectivity index (χ0v) is 10.6. The molecule has 0 aliphatic rings. The molecule has 0 aromatic heterocycles. The maximum atomic E-state index is 5.63. The average molecular weight is 238 g/mol. The van der Waals surface area contributed by atoms with Crippen molar-refractivity contribution < 1.29 is 4.74 Å². The van der Waals surface area contributed by atoms with Gasteiger partial charge in [-0.2, -0.15) is 0 Å². The molecule has 1 rings (SSSR count). The Hall–Kier alpha value is -0.850. The first kappa shape index (κ1) is 12.2. The van der Waals surface area contributed by atoms with Crippen molar-refractivity contribution in [1.29, 1.82) is 0 Å². The van der Waals surface area contributed by atoms with Crippen LogP contribution >= 0.6 is 6.04 Å². The molecule has 1 atom stereocenters. The summed E-state index contributed by atoms with van der Waals surface area (Å²) < 4.78 is 5.11. The van der Waals surface area contributed by atoms with Gasteiger partial charge in [-0.3, -0.25) is 0 Å². The number of rotatable bonds is 5. The second kappa shape index (κ2) is 5.29. The maximum Gasteiger partial charge on any atom is 0.118 e. The molecule has 0 saturated heterocycles. The van der Waals surface area contributed by atoms with Crippen LogP contribution in [0.2, 0.25) is 0 Å². The Balaban J connectivity index is 3.08. The van der Waals surface area contributed by atoms with E-state index in [0.717, 1.165) is 17.2 Å². The highest BCUT2D eigenvalue weighted by molar-refractivity contribution is 8.19. The topological polar surface area (TPSA) is 9.23 Å². The molecule has 0 N–H and O–H groups in total. The van der Waals surface area contributed by atoms with Gasteiger partial charge in [-0.1, -0.05) is 30.3 Å². The van der Waals surface area contributed by atoms with Gasteiger partial charge in [0.05, 0.1) is 7.11 Å². The Morgan fingerprint density at radius 2 is 1.93 bits per heavy atom. The highest BCUT2D eigenvalue weighted by Gasteiger charge is 2.13. The van der Waals surface area contributed by atoms with E-state index in [9.17, 15) is 0 Å². The van der Waals surface area contributed by atoms with Crippen molar-refractivity contribution in [1.82, 2.24) is 0 Å². The van der Waals surface area contributed by atoms with Crippen molar-refractivity contribution in [3.63, 3.8) is 0 Å². The summed E-state index contributed by atoms with van der Waals surface area (Å²) in [4.78, 5) is 0. The van der Waals surface area contributed by atoms with E-state index in [1.807, 2.05) is 36.2 Å². The van der Waals surface area contributed by atoms with Gasteiger partial charge in [-0.25, -0.2) is 0 Å². The zero-order chi connectivity index (χ0) is 11.3. The minimum atomic E-state index is -1.66. The fourth-order valence-corrected chi connectivity index (χ4v) is 3.60.